The maximum atomic E-state index is 14.4. The van der Waals surface area contributed by atoms with Crippen LogP contribution in [0.2, 0.25) is 0 Å². The first-order valence-corrected chi connectivity index (χ1v) is 23.0. The molecule has 0 aromatic heterocycles. The fourth-order valence-corrected chi connectivity index (χ4v) is 9.39. The molecule has 1 aromatic rings. The van der Waals surface area contributed by atoms with E-state index in [9.17, 15) is 24.0 Å². The van der Waals surface area contributed by atoms with E-state index in [1.165, 1.54) is 11.0 Å². The Morgan fingerprint density at radius 3 is 2.22 bits per heavy atom. The number of nitrogens with zero attached hydrogens (tertiary/aromatic N) is 1. The molecule has 4 amide bonds. The molecule has 4 atom stereocenters. The van der Waals surface area contributed by atoms with Crippen LogP contribution in [0.5, 0.6) is 0 Å². The number of nitrogens with one attached hydrogen (secondary N) is 3. The fourth-order valence-electron chi connectivity index (χ4n) is 5.56. The number of hydrogen-bond acceptors (Lipinski definition) is 6. The van der Waals surface area contributed by atoms with Gasteiger partial charge in [0.15, 0.2) is 0 Å². The van der Waals surface area contributed by atoms with Crippen LogP contribution in [0.4, 0.5) is 4.79 Å². The Bertz CT molecular complexity index is 1350. The van der Waals surface area contributed by atoms with E-state index >= 15 is 0 Å². The molecule has 0 radical (unpaired) electrons. The fraction of sp³-hybridized carbons (Fsp3) is 0.500. The molecule has 1 saturated heterocycles. The number of alkyl halides is 1. The van der Waals surface area contributed by atoms with Gasteiger partial charge in [0.05, 0.1) is 0 Å². The number of rotatable bonds is 13. The zero-order valence-corrected chi connectivity index (χ0v) is 29.6. The molecule has 1 aliphatic carbocycles. The summed E-state index contributed by atoms with van der Waals surface area (Å²) >= 11 is -3.62. The third-order valence-electron chi connectivity index (χ3n) is 7.70. The third-order valence-corrected chi connectivity index (χ3v) is 14.3. The molecular formula is C32H43Cl2IN4O6. The Balaban J connectivity index is 1.93. The van der Waals surface area contributed by atoms with Crippen molar-refractivity contribution in [1.29, 1.82) is 0 Å². The van der Waals surface area contributed by atoms with Gasteiger partial charge in [-0.3, -0.25) is 0 Å². The number of benzene rings is 1. The second-order valence-corrected chi connectivity index (χ2v) is 25.1. The van der Waals surface area contributed by atoms with Crippen LogP contribution in [0, 0.1) is 5.92 Å². The predicted molar refractivity (Wildman–Crippen MR) is 187 cm³/mol. The second-order valence-electron chi connectivity index (χ2n) is 12.3. The van der Waals surface area contributed by atoms with Gasteiger partial charge in [-0.05, 0) is 0 Å². The first-order chi connectivity index (χ1) is 21.1. The van der Waals surface area contributed by atoms with Crippen LogP contribution < -0.4 is 16.0 Å². The number of ketones is 1. The molecule has 248 valence electrons. The third kappa shape index (κ3) is 10.1. The summed E-state index contributed by atoms with van der Waals surface area (Å²) in [5, 5.41) is 7.91. The number of allylic oxidation sites excluding steroid dienone is 1. The molecule has 1 unspecified atom stereocenters. The number of Topliss-reactive ketones (excluding diaryl/α,β-unsaturated/α-hetero) is 1. The van der Waals surface area contributed by atoms with Gasteiger partial charge in [-0.15, -0.1) is 0 Å². The van der Waals surface area contributed by atoms with Gasteiger partial charge in [-0.1, -0.05) is 0 Å². The number of likely N-dealkylation sites (tertiary alicyclic amines) is 1. The van der Waals surface area contributed by atoms with Crippen LogP contribution in [-0.2, 0) is 36.8 Å². The number of amides is 4. The van der Waals surface area contributed by atoms with E-state index in [4.69, 9.17) is 22.6 Å². The first-order valence-electron chi connectivity index (χ1n) is 14.7. The number of halogens is 3. The van der Waals surface area contributed by atoms with Crippen molar-refractivity contribution in [1.82, 2.24) is 20.9 Å². The molecule has 1 fully saturated rings. The van der Waals surface area contributed by atoms with E-state index in [0.29, 0.717) is 19.3 Å². The van der Waals surface area contributed by atoms with Crippen molar-refractivity contribution >= 4 is 67.6 Å². The summed E-state index contributed by atoms with van der Waals surface area (Å²) < 4.78 is 9.06. The number of carbonyl (C=O) groups excluding carboxylic acids is 5. The molecule has 0 spiro atoms. The molecule has 1 aromatic carbocycles. The van der Waals surface area contributed by atoms with E-state index in [-0.39, 0.29) is 31.8 Å². The minimum absolute atomic E-state index is 0.0569. The Labute approximate surface area is 276 Å². The number of carbonyl (C=O) groups is 5. The van der Waals surface area contributed by atoms with Crippen molar-refractivity contribution in [2.24, 2.45) is 5.92 Å². The number of ether oxygens (including phenoxy) is 1. The summed E-state index contributed by atoms with van der Waals surface area (Å²) in [4.78, 5) is 68.1. The SMILES string of the molecule is C=CCCC(NC(=O)[C@@H]1C[C@@H](I(=C)(Cl)Cl)CN1C(=O)[C@@H](NC(=O)OC(C)(C)C)C1Cc2ccccc2C1)C(=O)C(=O)NCC=C. The van der Waals surface area contributed by atoms with Crippen molar-refractivity contribution < 1.29 is 28.7 Å². The van der Waals surface area contributed by atoms with Gasteiger partial charge in [-0.2, -0.15) is 0 Å². The second kappa shape index (κ2) is 15.7. The zero-order valence-electron chi connectivity index (χ0n) is 26.0. The molecule has 45 heavy (non-hydrogen) atoms. The number of fused-ring (bicyclic) bond motifs is 1. The Hall–Kier alpha value is -2.77. The van der Waals surface area contributed by atoms with Gasteiger partial charge in [0.2, 0.25) is 0 Å². The zero-order chi connectivity index (χ0) is 33.5. The van der Waals surface area contributed by atoms with Crippen molar-refractivity contribution in [3.05, 3.63) is 60.7 Å². The van der Waals surface area contributed by atoms with Gasteiger partial charge >= 0.3 is 277 Å². The van der Waals surface area contributed by atoms with E-state index in [1.54, 1.807) is 26.8 Å². The standard InChI is InChI=1S/C32H43Cl2IN4O6/c1-7-9-14-24(27(40)29(42)36-15-8-2)37-28(41)25-18-23(35(6,33)34)19-39(25)30(43)26(38-31(44)45-32(3,4)5)22-16-20-12-10-11-13-21(20)17-22/h7-8,10-13,22-26H,1-2,6,9,14-19H2,3-5H3,(H,36,42)(H,37,41)(H,38,44)/t23-,24?,25+,26+/m1/s1. The molecular weight excluding hydrogens is 734 g/mol. The number of hydrogen-bond donors (Lipinski definition) is 3. The molecule has 2 aliphatic rings. The van der Waals surface area contributed by atoms with Crippen LogP contribution in [-0.4, -0.2) is 79.8 Å². The predicted octanol–water partition coefficient (Wildman–Crippen LogP) is 4.37. The quantitative estimate of drug-likeness (QED) is 0.118. The van der Waals surface area contributed by atoms with E-state index < -0.39 is 73.0 Å². The monoisotopic (exact) mass is 776 g/mol. The Morgan fingerprint density at radius 2 is 1.69 bits per heavy atom. The normalized spacial score (nSPS) is 19.9. The molecule has 10 nitrogen and oxygen atoms in total. The first kappa shape index (κ1) is 36.7. The van der Waals surface area contributed by atoms with Crippen LogP contribution in [0.1, 0.15) is 51.2 Å². The Morgan fingerprint density at radius 1 is 1.07 bits per heavy atom. The van der Waals surface area contributed by atoms with Gasteiger partial charge in [0, 0.05) is 0 Å². The van der Waals surface area contributed by atoms with E-state index in [1.807, 2.05) is 24.3 Å². The summed E-state index contributed by atoms with van der Waals surface area (Å²) in [5.74, 6) is -3.12. The molecule has 0 saturated carbocycles. The van der Waals surface area contributed by atoms with Crippen LogP contribution in [0.15, 0.2) is 49.6 Å². The molecule has 1 heterocycles. The van der Waals surface area contributed by atoms with Crippen molar-refractivity contribution in [2.75, 3.05) is 13.1 Å². The van der Waals surface area contributed by atoms with Crippen molar-refractivity contribution in [2.45, 2.75) is 80.5 Å². The van der Waals surface area contributed by atoms with Gasteiger partial charge in [0.25, 0.3) is 0 Å². The topological polar surface area (TPSA) is 134 Å². The van der Waals surface area contributed by atoms with E-state index in [2.05, 4.69) is 33.6 Å². The molecule has 0 bridgehead atoms. The van der Waals surface area contributed by atoms with Crippen molar-refractivity contribution in [3.8, 4) is 0 Å². The summed E-state index contributed by atoms with van der Waals surface area (Å²) in [6, 6.07) is 4.58. The number of alkyl carbamates (subject to hydrolysis) is 1. The van der Waals surface area contributed by atoms with Crippen LogP contribution >= 0.6 is 33.5 Å². The van der Waals surface area contributed by atoms with Crippen LogP contribution in [0.3, 0.4) is 0 Å². The van der Waals surface area contributed by atoms with Crippen LogP contribution in [0.25, 0.3) is 0 Å². The van der Waals surface area contributed by atoms with E-state index in [0.717, 1.165) is 11.1 Å². The van der Waals surface area contributed by atoms with Crippen molar-refractivity contribution in [3.63, 3.8) is 0 Å². The molecule has 3 rings (SSSR count). The van der Waals surface area contributed by atoms with Gasteiger partial charge in [0.1, 0.15) is 0 Å². The summed E-state index contributed by atoms with van der Waals surface area (Å²) in [6.07, 6.45) is 3.94. The average molecular weight is 778 g/mol. The minimum atomic E-state index is -3.62. The van der Waals surface area contributed by atoms with Gasteiger partial charge in [-0.25, -0.2) is 0 Å². The average Bonchev–Trinajstić information content (AvgIpc) is 3.60. The summed E-state index contributed by atoms with van der Waals surface area (Å²) in [6.45, 7) is 12.5. The summed E-state index contributed by atoms with van der Waals surface area (Å²) in [7, 11) is 13.1. The van der Waals surface area contributed by atoms with Gasteiger partial charge < -0.3 is 0 Å². The molecule has 13 heteroatoms. The Kier molecular flexibility index (Phi) is 12.8. The molecule has 1 aliphatic heterocycles. The molecule has 3 N–H and O–H groups in total. The summed E-state index contributed by atoms with van der Waals surface area (Å²) in [5.41, 5.74) is 1.35. The maximum absolute atomic E-state index is 14.4.